The van der Waals surface area contributed by atoms with Crippen molar-refractivity contribution in [2.45, 2.75) is 19.4 Å². The van der Waals surface area contributed by atoms with Gasteiger partial charge in [0.2, 0.25) is 5.91 Å². The number of allylic oxidation sites excluding steroid dienone is 1. The van der Waals surface area contributed by atoms with Crippen molar-refractivity contribution in [2.75, 3.05) is 19.5 Å². The van der Waals surface area contributed by atoms with Crippen molar-refractivity contribution in [3.8, 4) is 5.75 Å². The predicted octanol–water partition coefficient (Wildman–Crippen LogP) is 4.53. The first-order chi connectivity index (χ1) is 15.0. The zero-order valence-corrected chi connectivity index (χ0v) is 18.9. The van der Waals surface area contributed by atoms with Gasteiger partial charge in [-0.15, -0.1) is 0 Å². The highest BCUT2D eigenvalue weighted by Crippen LogP contribution is 2.45. The Bertz CT molecular complexity index is 1110. The summed E-state index contributed by atoms with van der Waals surface area (Å²) < 4.78 is 10.3. The average Bonchev–Trinajstić information content (AvgIpc) is 3.43. The zero-order valence-electron chi connectivity index (χ0n) is 17.2. The second-order valence-electron chi connectivity index (χ2n) is 6.90. The van der Waals surface area contributed by atoms with Crippen LogP contribution in [0, 0.1) is 0 Å². The molecule has 1 unspecified atom stereocenters. The van der Waals surface area contributed by atoms with Gasteiger partial charge in [0.15, 0.2) is 5.17 Å². The van der Waals surface area contributed by atoms with Crippen molar-refractivity contribution in [1.29, 1.82) is 0 Å². The molecule has 1 aromatic heterocycles. The highest BCUT2D eigenvalue weighted by atomic mass is 32.2. The summed E-state index contributed by atoms with van der Waals surface area (Å²) in [4.78, 5) is 32.0. The maximum Gasteiger partial charge on any atom is 0.338 e. The number of aliphatic imine (C=N–C) groups is 1. The third-order valence-corrected chi connectivity index (χ3v) is 6.55. The van der Waals surface area contributed by atoms with Gasteiger partial charge >= 0.3 is 5.97 Å². The molecule has 2 aliphatic heterocycles. The number of carbonyl (C=O) groups excluding carboxylic acids is 2. The van der Waals surface area contributed by atoms with E-state index in [1.807, 2.05) is 52.3 Å². The maximum absolute atomic E-state index is 12.8. The number of hydrogen-bond donors (Lipinski definition) is 1. The van der Waals surface area contributed by atoms with Crippen molar-refractivity contribution < 1.29 is 19.1 Å². The topological polar surface area (TPSA) is 80.2 Å². The van der Waals surface area contributed by atoms with E-state index in [1.54, 1.807) is 24.5 Å². The molecular weight excluding hydrogens is 434 g/mol. The summed E-state index contributed by atoms with van der Waals surface area (Å²) in [6.45, 7) is 1.81. The number of amidine groups is 1. The number of rotatable bonds is 6. The lowest BCUT2D eigenvalue weighted by atomic mass is 9.96. The first-order valence-corrected chi connectivity index (χ1v) is 11.3. The van der Waals surface area contributed by atoms with Crippen LogP contribution in [0.1, 0.15) is 24.9 Å². The number of esters is 1. The fourth-order valence-corrected chi connectivity index (χ4v) is 5.20. The van der Waals surface area contributed by atoms with Crippen molar-refractivity contribution in [2.24, 2.45) is 4.99 Å². The molecule has 4 rings (SSSR count). The molecule has 0 saturated carbocycles. The monoisotopic (exact) mass is 455 g/mol. The number of methoxy groups -OCH3 is 2. The van der Waals surface area contributed by atoms with Gasteiger partial charge in [0, 0.05) is 17.5 Å². The molecular formula is C22H21N3O4S2. The number of fused-ring (bicyclic) bond motifs is 1. The Kier molecular flexibility index (Phi) is 6.15. The van der Waals surface area contributed by atoms with E-state index in [2.05, 4.69) is 10.3 Å². The van der Waals surface area contributed by atoms with E-state index in [-0.39, 0.29) is 12.3 Å². The molecule has 1 N–H and O–H groups in total. The molecule has 0 fully saturated rings. The first-order valence-electron chi connectivity index (χ1n) is 9.50. The van der Waals surface area contributed by atoms with Gasteiger partial charge in [-0.1, -0.05) is 17.8 Å². The molecule has 1 atom stereocenters. The number of anilines is 1. The van der Waals surface area contributed by atoms with Crippen LogP contribution < -0.4 is 10.1 Å². The molecule has 0 spiro atoms. The van der Waals surface area contributed by atoms with Crippen LogP contribution in [0.5, 0.6) is 5.75 Å². The van der Waals surface area contributed by atoms with Crippen molar-refractivity contribution in [1.82, 2.24) is 4.90 Å². The first kappa shape index (κ1) is 21.2. The molecule has 0 saturated heterocycles. The van der Waals surface area contributed by atoms with Gasteiger partial charge in [-0.05, 0) is 46.9 Å². The van der Waals surface area contributed by atoms with Gasteiger partial charge in [0.1, 0.15) is 5.75 Å². The lowest BCUT2D eigenvalue weighted by molar-refractivity contribution is -0.136. The minimum Gasteiger partial charge on any atom is -0.497 e. The molecule has 2 aliphatic rings. The third kappa shape index (κ3) is 4.24. The molecule has 0 bridgehead atoms. The third-order valence-electron chi connectivity index (χ3n) is 4.96. The molecule has 160 valence electrons. The second kappa shape index (κ2) is 8.99. The maximum atomic E-state index is 12.8. The number of hydrogen-bond acceptors (Lipinski definition) is 8. The van der Waals surface area contributed by atoms with Crippen LogP contribution in [0.2, 0.25) is 0 Å². The van der Waals surface area contributed by atoms with E-state index in [9.17, 15) is 9.59 Å². The molecule has 1 amide bonds. The summed E-state index contributed by atoms with van der Waals surface area (Å²) in [5, 5.41) is 9.53. The van der Waals surface area contributed by atoms with Gasteiger partial charge in [-0.2, -0.15) is 11.3 Å². The summed E-state index contributed by atoms with van der Waals surface area (Å²) in [5.74, 6) is 0.0737. The van der Waals surface area contributed by atoms with Crippen LogP contribution in [-0.2, 0) is 14.3 Å². The second-order valence-corrected chi connectivity index (χ2v) is 8.51. The fraction of sp³-hybridized carbons (Fsp3) is 0.227. The number of nitrogens with zero attached hydrogens (tertiary/aromatic N) is 2. The number of amides is 1. The van der Waals surface area contributed by atoms with Gasteiger partial charge in [0.05, 0.1) is 38.0 Å². The molecule has 1 aromatic carbocycles. The van der Waals surface area contributed by atoms with Crippen LogP contribution in [-0.4, -0.2) is 36.2 Å². The van der Waals surface area contributed by atoms with Crippen molar-refractivity contribution >= 4 is 45.8 Å². The number of thiophene rings is 1. The minimum atomic E-state index is -0.423. The Morgan fingerprint density at radius 2 is 2.10 bits per heavy atom. The van der Waals surface area contributed by atoms with Crippen LogP contribution in [0.3, 0.4) is 0 Å². The number of ether oxygens (including phenoxy) is 2. The van der Waals surface area contributed by atoms with Gasteiger partial charge in [-0.25, -0.2) is 9.79 Å². The summed E-state index contributed by atoms with van der Waals surface area (Å²) in [5.41, 5.74) is 3.49. The van der Waals surface area contributed by atoms with Crippen LogP contribution in [0.25, 0.3) is 0 Å². The van der Waals surface area contributed by atoms with E-state index >= 15 is 0 Å². The van der Waals surface area contributed by atoms with E-state index < -0.39 is 12.0 Å². The summed E-state index contributed by atoms with van der Waals surface area (Å²) in [7, 11) is 2.95. The minimum absolute atomic E-state index is 0.136. The van der Waals surface area contributed by atoms with Gasteiger partial charge in [-0.3, -0.25) is 4.79 Å². The predicted molar refractivity (Wildman–Crippen MR) is 123 cm³/mol. The lowest BCUT2D eigenvalue weighted by Crippen LogP contribution is -2.37. The van der Waals surface area contributed by atoms with Crippen LogP contribution in [0.4, 0.5) is 5.69 Å². The largest absolute Gasteiger partial charge is 0.497 e. The molecule has 0 radical (unpaired) electrons. The Morgan fingerprint density at radius 3 is 2.81 bits per heavy atom. The average molecular weight is 456 g/mol. The molecule has 2 aromatic rings. The van der Waals surface area contributed by atoms with E-state index in [1.165, 1.54) is 18.9 Å². The van der Waals surface area contributed by atoms with E-state index in [0.717, 1.165) is 16.4 Å². The Hall–Kier alpha value is -3.04. The van der Waals surface area contributed by atoms with Crippen LogP contribution >= 0.6 is 23.1 Å². The van der Waals surface area contributed by atoms with E-state index in [4.69, 9.17) is 9.47 Å². The Balaban J connectivity index is 1.60. The lowest BCUT2D eigenvalue weighted by Gasteiger charge is -2.35. The summed E-state index contributed by atoms with van der Waals surface area (Å²) in [6, 6.07) is 8.79. The highest BCUT2D eigenvalue weighted by Gasteiger charge is 2.41. The number of benzene rings is 1. The summed E-state index contributed by atoms with van der Waals surface area (Å²) in [6.07, 6.45) is 0.136. The SMILES string of the molecule is COC(=O)C1=C(C)N=C2SC=C(CC(=O)Nc3cccc(OC)c3)N2C1c1ccsc1. The molecule has 9 heteroatoms. The van der Waals surface area contributed by atoms with E-state index in [0.29, 0.717) is 22.7 Å². The van der Waals surface area contributed by atoms with Gasteiger partial charge < -0.3 is 19.7 Å². The number of nitrogens with one attached hydrogen (secondary N) is 1. The van der Waals surface area contributed by atoms with Crippen molar-refractivity contribution in [3.05, 3.63) is 69.0 Å². The molecule has 7 nitrogen and oxygen atoms in total. The Morgan fingerprint density at radius 1 is 1.26 bits per heavy atom. The van der Waals surface area contributed by atoms with Crippen LogP contribution in [0.15, 0.2) is 68.5 Å². The standard InChI is InChI=1S/C22H21N3O4S2/c1-13-19(21(27)29-3)20(14-7-8-30-11-14)25-16(12-31-22(25)23-13)10-18(26)24-15-5-4-6-17(9-15)28-2/h4-9,11-12,20H,10H2,1-3H3,(H,24,26). The normalized spacial score (nSPS) is 17.6. The zero-order chi connectivity index (χ0) is 22.0. The molecule has 0 aliphatic carbocycles. The van der Waals surface area contributed by atoms with Crippen molar-refractivity contribution in [3.63, 3.8) is 0 Å². The molecule has 3 heterocycles. The number of thioether (sulfide) groups is 1. The smallest absolute Gasteiger partial charge is 0.338 e. The quantitative estimate of drug-likeness (QED) is 0.645. The Labute approximate surface area is 188 Å². The fourth-order valence-electron chi connectivity index (χ4n) is 3.56. The molecule has 31 heavy (non-hydrogen) atoms. The van der Waals surface area contributed by atoms with Gasteiger partial charge in [0.25, 0.3) is 0 Å². The number of carbonyl (C=O) groups is 2. The summed E-state index contributed by atoms with van der Waals surface area (Å²) >= 11 is 3.00. The highest BCUT2D eigenvalue weighted by molar-refractivity contribution is 8.16.